The van der Waals surface area contributed by atoms with Crippen molar-refractivity contribution in [1.82, 2.24) is 0 Å². The standard InChI is InChI=1S/C14H9BrF2O2/c15-12-5-4-10(6-9(12)7-18)19-8-11-13(16)2-1-3-14(11)17/h1-7H,8H2. The summed E-state index contributed by atoms with van der Waals surface area (Å²) >= 11 is 3.20. The summed E-state index contributed by atoms with van der Waals surface area (Å²) < 4.78 is 32.7. The van der Waals surface area contributed by atoms with Gasteiger partial charge < -0.3 is 4.74 Å². The summed E-state index contributed by atoms with van der Waals surface area (Å²) in [6.07, 6.45) is 0.667. The monoisotopic (exact) mass is 326 g/mol. The SMILES string of the molecule is O=Cc1cc(OCc2c(F)cccc2F)ccc1Br. The molecule has 0 amide bonds. The van der Waals surface area contributed by atoms with Gasteiger partial charge in [0.15, 0.2) is 6.29 Å². The van der Waals surface area contributed by atoms with Crippen LogP contribution >= 0.6 is 15.9 Å². The predicted octanol–water partition coefficient (Wildman–Crippen LogP) is 4.12. The topological polar surface area (TPSA) is 26.3 Å². The van der Waals surface area contributed by atoms with Gasteiger partial charge in [-0.15, -0.1) is 0 Å². The van der Waals surface area contributed by atoms with Crippen LogP contribution in [-0.4, -0.2) is 6.29 Å². The Balaban J connectivity index is 2.17. The molecule has 0 atom stereocenters. The zero-order valence-electron chi connectivity index (χ0n) is 9.70. The quantitative estimate of drug-likeness (QED) is 0.790. The Morgan fingerprint density at radius 2 is 1.84 bits per heavy atom. The molecular formula is C14H9BrF2O2. The maximum Gasteiger partial charge on any atom is 0.151 e. The molecule has 0 aliphatic heterocycles. The average Bonchev–Trinajstić information content (AvgIpc) is 2.40. The molecule has 2 rings (SSSR count). The first-order valence-electron chi connectivity index (χ1n) is 5.42. The predicted molar refractivity (Wildman–Crippen MR) is 70.2 cm³/mol. The minimum atomic E-state index is -0.660. The first kappa shape index (κ1) is 13.7. The Morgan fingerprint density at radius 3 is 2.47 bits per heavy atom. The van der Waals surface area contributed by atoms with E-state index in [1.807, 2.05) is 0 Å². The fourth-order valence-electron chi connectivity index (χ4n) is 1.53. The molecule has 2 aromatic carbocycles. The number of benzene rings is 2. The lowest BCUT2D eigenvalue weighted by Crippen LogP contribution is -2.02. The summed E-state index contributed by atoms with van der Waals surface area (Å²) in [6.45, 7) is -0.238. The van der Waals surface area contributed by atoms with E-state index in [2.05, 4.69) is 15.9 Å². The summed E-state index contributed by atoms with van der Waals surface area (Å²) in [7, 11) is 0. The fourth-order valence-corrected chi connectivity index (χ4v) is 1.87. The van der Waals surface area contributed by atoms with Gasteiger partial charge >= 0.3 is 0 Å². The number of halogens is 3. The van der Waals surface area contributed by atoms with Gasteiger partial charge in [0.05, 0.1) is 5.56 Å². The van der Waals surface area contributed by atoms with Crippen molar-refractivity contribution in [3.63, 3.8) is 0 Å². The van der Waals surface area contributed by atoms with Crippen LogP contribution in [0.25, 0.3) is 0 Å². The lowest BCUT2D eigenvalue weighted by molar-refractivity contribution is 0.112. The molecule has 0 aliphatic rings. The highest BCUT2D eigenvalue weighted by molar-refractivity contribution is 9.10. The number of carbonyl (C=O) groups excluding carboxylic acids is 1. The zero-order chi connectivity index (χ0) is 13.8. The van der Waals surface area contributed by atoms with Crippen molar-refractivity contribution in [2.45, 2.75) is 6.61 Å². The van der Waals surface area contributed by atoms with Gasteiger partial charge in [-0.2, -0.15) is 0 Å². The van der Waals surface area contributed by atoms with E-state index in [1.165, 1.54) is 24.3 Å². The van der Waals surface area contributed by atoms with E-state index in [0.29, 0.717) is 22.1 Å². The van der Waals surface area contributed by atoms with Crippen molar-refractivity contribution in [1.29, 1.82) is 0 Å². The van der Waals surface area contributed by atoms with E-state index in [1.54, 1.807) is 12.1 Å². The Hall–Kier alpha value is -1.75. The van der Waals surface area contributed by atoms with Gasteiger partial charge in [-0.3, -0.25) is 4.79 Å². The second-order valence-electron chi connectivity index (χ2n) is 3.79. The molecule has 5 heteroatoms. The maximum absolute atomic E-state index is 13.4. The normalized spacial score (nSPS) is 10.3. The van der Waals surface area contributed by atoms with Crippen LogP contribution in [-0.2, 0) is 6.61 Å². The van der Waals surface area contributed by atoms with E-state index in [9.17, 15) is 13.6 Å². The molecule has 2 nitrogen and oxygen atoms in total. The molecule has 0 saturated heterocycles. The number of hydrogen-bond acceptors (Lipinski definition) is 2. The molecule has 0 aromatic heterocycles. The van der Waals surface area contributed by atoms with E-state index in [4.69, 9.17) is 4.74 Å². The third kappa shape index (κ3) is 3.17. The molecule has 0 spiro atoms. The zero-order valence-corrected chi connectivity index (χ0v) is 11.3. The molecule has 0 radical (unpaired) electrons. The summed E-state index contributed by atoms with van der Waals surface area (Å²) in [5.41, 5.74) is 0.268. The number of rotatable bonds is 4. The fraction of sp³-hybridized carbons (Fsp3) is 0.0714. The van der Waals surface area contributed by atoms with Gasteiger partial charge in [0, 0.05) is 10.0 Å². The lowest BCUT2D eigenvalue weighted by Gasteiger charge is -2.09. The van der Waals surface area contributed by atoms with E-state index in [0.717, 1.165) is 0 Å². The maximum atomic E-state index is 13.4. The van der Waals surface area contributed by atoms with Gasteiger partial charge in [0.2, 0.25) is 0 Å². The van der Waals surface area contributed by atoms with Crippen molar-refractivity contribution < 1.29 is 18.3 Å². The van der Waals surface area contributed by atoms with E-state index in [-0.39, 0.29) is 12.2 Å². The number of carbonyl (C=O) groups is 1. The van der Waals surface area contributed by atoms with Crippen molar-refractivity contribution in [2.24, 2.45) is 0 Å². The summed E-state index contributed by atoms with van der Waals surface area (Å²) in [6, 6.07) is 8.36. The molecule has 0 heterocycles. The van der Waals surface area contributed by atoms with Crippen LogP contribution < -0.4 is 4.74 Å². The highest BCUT2D eigenvalue weighted by Gasteiger charge is 2.09. The van der Waals surface area contributed by atoms with Crippen LogP contribution in [0.3, 0.4) is 0 Å². The molecular weight excluding hydrogens is 318 g/mol. The molecule has 98 valence electrons. The smallest absolute Gasteiger partial charge is 0.151 e. The average molecular weight is 327 g/mol. The Bertz CT molecular complexity index is 594. The summed E-state index contributed by atoms with van der Waals surface area (Å²) in [5.74, 6) is -0.951. The number of hydrogen-bond donors (Lipinski definition) is 0. The van der Waals surface area contributed by atoms with Crippen molar-refractivity contribution >= 4 is 22.2 Å². The van der Waals surface area contributed by atoms with Crippen LogP contribution in [0.2, 0.25) is 0 Å². The Labute approximate surface area is 117 Å². The summed E-state index contributed by atoms with van der Waals surface area (Å²) in [4.78, 5) is 10.8. The van der Waals surface area contributed by atoms with Crippen molar-refractivity contribution in [3.8, 4) is 5.75 Å². The molecule has 19 heavy (non-hydrogen) atoms. The molecule has 0 aliphatic carbocycles. The van der Waals surface area contributed by atoms with Crippen LogP contribution in [0.5, 0.6) is 5.75 Å². The number of ether oxygens (including phenoxy) is 1. The van der Waals surface area contributed by atoms with Gasteiger partial charge in [-0.05, 0) is 30.3 Å². The van der Waals surface area contributed by atoms with Crippen LogP contribution in [0, 0.1) is 11.6 Å². The van der Waals surface area contributed by atoms with Gasteiger partial charge in [-0.25, -0.2) is 8.78 Å². The van der Waals surface area contributed by atoms with E-state index >= 15 is 0 Å². The van der Waals surface area contributed by atoms with Gasteiger partial charge in [0.1, 0.15) is 24.0 Å². The van der Waals surface area contributed by atoms with Gasteiger partial charge in [0.25, 0.3) is 0 Å². The minimum absolute atomic E-state index is 0.141. The third-order valence-corrected chi connectivity index (χ3v) is 3.26. The van der Waals surface area contributed by atoms with Crippen molar-refractivity contribution in [3.05, 3.63) is 63.6 Å². The Kier molecular flexibility index (Phi) is 4.27. The second kappa shape index (κ2) is 5.93. The molecule has 0 fully saturated rings. The molecule has 0 saturated carbocycles. The van der Waals surface area contributed by atoms with Crippen LogP contribution in [0.4, 0.5) is 8.78 Å². The van der Waals surface area contributed by atoms with Crippen LogP contribution in [0.15, 0.2) is 40.9 Å². The Morgan fingerprint density at radius 1 is 1.16 bits per heavy atom. The van der Waals surface area contributed by atoms with Crippen molar-refractivity contribution in [2.75, 3.05) is 0 Å². The summed E-state index contributed by atoms with van der Waals surface area (Å²) in [5, 5.41) is 0. The number of aldehydes is 1. The van der Waals surface area contributed by atoms with Crippen LogP contribution in [0.1, 0.15) is 15.9 Å². The first-order chi connectivity index (χ1) is 9.11. The first-order valence-corrected chi connectivity index (χ1v) is 6.21. The highest BCUT2D eigenvalue weighted by Crippen LogP contribution is 2.22. The minimum Gasteiger partial charge on any atom is -0.489 e. The van der Waals surface area contributed by atoms with Gasteiger partial charge in [-0.1, -0.05) is 22.0 Å². The molecule has 0 unspecified atom stereocenters. The largest absolute Gasteiger partial charge is 0.489 e. The molecule has 2 aromatic rings. The molecule has 0 N–H and O–H groups in total. The second-order valence-corrected chi connectivity index (χ2v) is 4.64. The molecule has 0 bridgehead atoms. The highest BCUT2D eigenvalue weighted by atomic mass is 79.9. The third-order valence-electron chi connectivity index (χ3n) is 2.54. The lowest BCUT2D eigenvalue weighted by atomic mass is 10.2. The van der Waals surface area contributed by atoms with E-state index < -0.39 is 11.6 Å².